The van der Waals surface area contributed by atoms with Crippen molar-refractivity contribution in [2.24, 2.45) is 7.05 Å². The summed E-state index contributed by atoms with van der Waals surface area (Å²) in [6.07, 6.45) is 4.08. The number of unbranched alkanes of at least 4 members (excludes halogenated alkanes) is 1. The van der Waals surface area contributed by atoms with Crippen molar-refractivity contribution in [1.29, 1.82) is 0 Å². The zero-order chi connectivity index (χ0) is 15.9. The molecule has 2 amide bonds. The van der Waals surface area contributed by atoms with Crippen molar-refractivity contribution in [3.63, 3.8) is 0 Å². The van der Waals surface area contributed by atoms with Gasteiger partial charge in [0, 0.05) is 31.2 Å². The summed E-state index contributed by atoms with van der Waals surface area (Å²) >= 11 is 0. The van der Waals surface area contributed by atoms with Crippen LogP contribution in [0, 0.1) is 6.92 Å². The standard InChI is InChI=1S/C18H25N3O/c1-4-5-13-21(14-17-7-6-12-20(17)3)18(22)19-16-10-8-15(2)9-11-16/h6-12H,4-5,13-14H2,1-3H3,(H,19,22). The largest absolute Gasteiger partial charge is 0.353 e. The van der Waals surface area contributed by atoms with Crippen LogP contribution in [0.2, 0.25) is 0 Å². The van der Waals surface area contributed by atoms with Gasteiger partial charge in [0.2, 0.25) is 0 Å². The first kappa shape index (κ1) is 16.1. The van der Waals surface area contributed by atoms with Gasteiger partial charge >= 0.3 is 6.03 Å². The van der Waals surface area contributed by atoms with Crippen LogP contribution in [0.1, 0.15) is 31.0 Å². The molecule has 1 heterocycles. The molecule has 0 aliphatic heterocycles. The van der Waals surface area contributed by atoms with Crippen molar-refractivity contribution in [2.75, 3.05) is 11.9 Å². The molecule has 0 aliphatic rings. The average Bonchev–Trinajstić information content (AvgIpc) is 2.91. The highest BCUT2D eigenvalue weighted by atomic mass is 16.2. The van der Waals surface area contributed by atoms with Crippen molar-refractivity contribution in [1.82, 2.24) is 9.47 Å². The molecule has 0 saturated carbocycles. The van der Waals surface area contributed by atoms with E-state index in [1.165, 1.54) is 5.56 Å². The lowest BCUT2D eigenvalue weighted by Gasteiger charge is -2.23. The highest BCUT2D eigenvalue weighted by Gasteiger charge is 2.14. The molecule has 2 rings (SSSR count). The zero-order valence-corrected chi connectivity index (χ0v) is 13.7. The van der Waals surface area contributed by atoms with Gasteiger partial charge in [-0.25, -0.2) is 4.79 Å². The molecule has 1 aromatic heterocycles. The number of benzene rings is 1. The molecule has 0 saturated heterocycles. The number of carbonyl (C=O) groups is 1. The first-order chi connectivity index (χ1) is 10.6. The van der Waals surface area contributed by atoms with Gasteiger partial charge in [0.1, 0.15) is 0 Å². The summed E-state index contributed by atoms with van der Waals surface area (Å²) in [6, 6.07) is 11.9. The van der Waals surface area contributed by atoms with Crippen molar-refractivity contribution in [3.8, 4) is 0 Å². The lowest BCUT2D eigenvalue weighted by Crippen LogP contribution is -2.35. The summed E-state index contributed by atoms with van der Waals surface area (Å²) in [5.74, 6) is 0. The Morgan fingerprint density at radius 2 is 1.95 bits per heavy atom. The Morgan fingerprint density at radius 3 is 2.55 bits per heavy atom. The smallest absolute Gasteiger partial charge is 0.322 e. The van der Waals surface area contributed by atoms with E-state index in [1.807, 2.05) is 55.4 Å². The molecule has 0 bridgehead atoms. The highest BCUT2D eigenvalue weighted by molar-refractivity contribution is 5.89. The van der Waals surface area contributed by atoms with E-state index in [2.05, 4.69) is 22.9 Å². The number of urea groups is 1. The first-order valence-corrected chi connectivity index (χ1v) is 7.83. The minimum absolute atomic E-state index is 0.0431. The molecule has 0 radical (unpaired) electrons. The molecule has 4 heteroatoms. The predicted octanol–water partition coefficient (Wildman–Crippen LogP) is 4.17. The molecule has 1 aromatic carbocycles. The number of nitrogens with zero attached hydrogens (tertiary/aromatic N) is 2. The monoisotopic (exact) mass is 299 g/mol. The van der Waals surface area contributed by atoms with Crippen LogP contribution in [0.5, 0.6) is 0 Å². The second-order valence-electron chi connectivity index (χ2n) is 5.68. The molecule has 0 fully saturated rings. The maximum absolute atomic E-state index is 12.5. The summed E-state index contributed by atoms with van der Waals surface area (Å²) in [6.45, 7) is 5.56. The third kappa shape index (κ3) is 4.38. The molecular weight excluding hydrogens is 274 g/mol. The number of hydrogen-bond donors (Lipinski definition) is 1. The maximum atomic E-state index is 12.5. The van der Waals surface area contributed by atoms with Crippen molar-refractivity contribution < 1.29 is 4.79 Å². The lowest BCUT2D eigenvalue weighted by molar-refractivity contribution is 0.207. The topological polar surface area (TPSA) is 37.3 Å². The highest BCUT2D eigenvalue weighted by Crippen LogP contribution is 2.12. The molecule has 4 nitrogen and oxygen atoms in total. The third-order valence-corrected chi connectivity index (χ3v) is 3.78. The van der Waals surface area contributed by atoms with Crippen LogP contribution in [-0.2, 0) is 13.6 Å². The fourth-order valence-electron chi connectivity index (χ4n) is 2.30. The van der Waals surface area contributed by atoms with Crippen LogP contribution < -0.4 is 5.32 Å². The lowest BCUT2D eigenvalue weighted by atomic mass is 10.2. The number of aryl methyl sites for hydroxylation is 2. The summed E-state index contributed by atoms with van der Waals surface area (Å²) in [5.41, 5.74) is 3.16. The SMILES string of the molecule is CCCCN(Cc1cccn1C)C(=O)Nc1ccc(C)cc1. The van der Waals surface area contributed by atoms with Gasteiger partial charge in [-0.1, -0.05) is 31.0 Å². The van der Waals surface area contributed by atoms with Gasteiger partial charge < -0.3 is 14.8 Å². The predicted molar refractivity (Wildman–Crippen MR) is 90.9 cm³/mol. The number of carbonyl (C=O) groups excluding carboxylic acids is 1. The molecule has 1 N–H and O–H groups in total. The fourth-order valence-corrected chi connectivity index (χ4v) is 2.30. The maximum Gasteiger partial charge on any atom is 0.322 e. The Labute approximate surface area is 132 Å². The Morgan fingerprint density at radius 1 is 1.23 bits per heavy atom. The molecular formula is C18H25N3O. The molecule has 0 aliphatic carbocycles. The van der Waals surface area contributed by atoms with Gasteiger partial charge in [0.15, 0.2) is 0 Å². The van der Waals surface area contributed by atoms with Crippen LogP contribution in [-0.4, -0.2) is 22.0 Å². The van der Waals surface area contributed by atoms with E-state index in [-0.39, 0.29) is 6.03 Å². The van der Waals surface area contributed by atoms with Crippen molar-refractivity contribution in [3.05, 3.63) is 53.9 Å². The van der Waals surface area contributed by atoms with Crippen LogP contribution in [0.4, 0.5) is 10.5 Å². The van der Waals surface area contributed by atoms with Crippen LogP contribution in [0.25, 0.3) is 0 Å². The van der Waals surface area contributed by atoms with Crippen molar-refractivity contribution in [2.45, 2.75) is 33.2 Å². The van der Waals surface area contributed by atoms with E-state index in [0.29, 0.717) is 6.54 Å². The van der Waals surface area contributed by atoms with Gasteiger partial charge in [-0.15, -0.1) is 0 Å². The molecule has 0 unspecified atom stereocenters. The normalized spacial score (nSPS) is 10.5. The quantitative estimate of drug-likeness (QED) is 0.854. The van der Waals surface area contributed by atoms with Crippen molar-refractivity contribution >= 4 is 11.7 Å². The average molecular weight is 299 g/mol. The van der Waals surface area contributed by atoms with Crippen LogP contribution in [0.3, 0.4) is 0 Å². The van der Waals surface area contributed by atoms with Gasteiger partial charge in [-0.3, -0.25) is 0 Å². The van der Waals surface area contributed by atoms with Crippen LogP contribution >= 0.6 is 0 Å². The summed E-state index contributed by atoms with van der Waals surface area (Å²) < 4.78 is 2.05. The summed E-state index contributed by atoms with van der Waals surface area (Å²) in [7, 11) is 2.01. The van der Waals surface area contributed by atoms with E-state index in [1.54, 1.807) is 0 Å². The Hall–Kier alpha value is -2.23. The van der Waals surface area contributed by atoms with Gasteiger partial charge in [0.05, 0.1) is 6.54 Å². The third-order valence-electron chi connectivity index (χ3n) is 3.78. The number of amides is 2. The molecule has 2 aromatic rings. The van der Waals surface area contributed by atoms with E-state index < -0.39 is 0 Å². The van der Waals surface area contributed by atoms with E-state index in [9.17, 15) is 4.79 Å². The summed E-state index contributed by atoms with van der Waals surface area (Å²) in [5, 5.41) is 2.99. The molecule has 22 heavy (non-hydrogen) atoms. The number of anilines is 1. The number of hydrogen-bond acceptors (Lipinski definition) is 1. The second kappa shape index (κ2) is 7.69. The minimum atomic E-state index is -0.0431. The number of rotatable bonds is 6. The minimum Gasteiger partial charge on any atom is -0.353 e. The molecule has 118 valence electrons. The van der Waals surface area contributed by atoms with Gasteiger partial charge in [-0.2, -0.15) is 0 Å². The molecule has 0 spiro atoms. The number of nitrogens with one attached hydrogen (secondary N) is 1. The zero-order valence-electron chi connectivity index (χ0n) is 13.7. The Balaban J connectivity index is 2.05. The number of aromatic nitrogens is 1. The fraction of sp³-hybridized carbons (Fsp3) is 0.389. The second-order valence-corrected chi connectivity index (χ2v) is 5.68. The van der Waals surface area contributed by atoms with E-state index in [4.69, 9.17) is 0 Å². The first-order valence-electron chi connectivity index (χ1n) is 7.83. The Bertz CT molecular complexity index is 601. The summed E-state index contributed by atoms with van der Waals surface area (Å²) in [4.78, 5) is 14.4. The van der Waals surface area contributed by atoms with Gasteiger partial charge in [-0.05, 0) is 37.6 Å². The van der Waals surface area contributed by atoms with E-state index in [0.717, 1.165) is 30.8 Å². The van der Waals surface area contributed by atoms with Gasteiger partial charge in [0.25, 0.3) is 0 Å². The van der Waals surface area contributed by atoms with E-state index >= 15 is 0 Å². The van der Waals surface area contributed by atoms with Crippen LogP contribution in [0.15, 0.2) is 42.6 Å². The molecule has 0 atom stereocenters. The Kier molecular flexibility index (Phi) is 5.64.